The number of sulfonamides is 1. The van der Waals surface area contributed by atoms with Gasteiger partial charge in [-0.2, -0.15) is 0 Å². The standard InChI is InChI=1S/C14H16FN3O2S/c1-17-21(19,20)10-7-8-12(16)14(9-10)18(2)13-6-4-3-5-11(13)15/h3-9,17H,16H2,1-2H3. The molecule has 2 rings (SSSR count). The van der Waals surface area contributed by atoms with Crippen LogP contribution in [0.25, 0.3) is 0 Å². The summed E-state index contributed by atoms with van der Waals surface area (Å²) >= 11 is 0. The SMILES string of the molecule is CNS(=O)(=O)c1ccc(N)c(N(C)c2ccccc2F)c1. The molecule has 7 heteroatoms. The molecule has 0 heterocycles. The smallest absolute Gasteiger partial charge is 0.240 e. The minimum Gasteiger partial charge on any atom is -0.397 e. The van der Waals surface area contributed by atoms with Gasteiger partial charge in [0.1, 0.15) is 5.82 Å². The van der Waals surface area contributed by atoms with Crippen molar-refractivity contribution in [3.8, 4) is 0 Å². The van der Waals surface area contributed by atoms with Crippen LogP contribution >= 0.6 is 0 Å². The Morgan fingerprint density at radius 2 is 1.81 bits per heavy atom. The zero-order valence-electron chi connectivity index (χ0n) is 11.7. The third-order valence-electron chi connectivity index (χ3n) is 3.16. The van der Waals surface area contributed by atoms with E-state index in [-0.39, 0.29) is 4.90 Å². The van der Waals surface area contributed by atoms with Crippen molar-refractivity contribution in [3.05, 3.63) is 48.3 Å². The van der Waals surface area contributed by atoms with Gasteiger partial charge in [0.05, 0.1) is 22.0 Å². The number of hydrogen-bond donors (Lipinski definition) is 2. The fourth-order valence-electron chi connectivity index (χ4n) is 1.95. The Labute approximate surface area is 123 Å². The molecule has 0 saturated carbocycles. The van der Waals surface area contributed by atoms with Gasteiger partial charge >= 0.3 is 0 Å². The van der Waals surface area contributed by atoms with Gasteiger partial charge in [-0.25, -0.2) is 17.5 Å². The number of hydrogen-bond acceptors (Lipinski definition) is 4. The third kappa shape index (κ3) is 2.98. The Bertz CT molecular complexity index is 763. The van der Waals surface area contributed by atoms with Gasteiger partial charge in [-0.3, -0.25) is 0 Å². The quantitative estimate of drug-likeness (QED) is 0.848. The van der Waals surface area contributed by atoms with E-state index in [1.807, 2.05) is 0 Å². The van der Waals surface area contributed by atoms with Gasteiger partial charge in [0.2, 0.25) is 10.0 Å². The number of nitrogens with two attached hydrogens (primary N) is 1. The molecule has 0 aliphatic heterocycles. The molecule has 112 valence electrons. The van der Waals surface area contributed by atoms with E-state index in [4.69, 9.17) is 5.73 Å². The molecule has 5 nitrogen and oxygen atoms in total. The van der Waals surface area contributed by atoms with Crippen molar-refractivity contribution in [2.45, 2.75) is 4.90 Å². The van der Waals surface area contributed by atoms with Crippen LogP contribution in [0.2, 0.25) is 0 Å². The van der Waals surface area contributed by atoms with Crippen LogP contribution in [-0.4, -0.2) is 22.5 Å². The van der Waals surface area contributed by atoms with Gasteiger partial charge in [0.25, 0.3) is 0 Å². The molecule has 0 amide bonds. The zero-order chi connectivity index (χ0) is 15.6. The summed E-state index contributed by atoms with van der Waals surface area (Å²) in [5, 5.41) is 0. The zero-order valence-corrected chi connectivity index (χ0v) is 12.5. The van der Waals surface area contributed by atoms with E-state index in [1.165, 1.54) is 36.2 Å². The van der Waals surface area contributed by atoms with Crippen molar-refractivity contribution in [3.63, 3.8) is 0 Å². The topological polar surface area (TPSA) is 75.4 Å². The maximum Gasteiger partial charge on any atom is 0.240 e. The highest BCUT2D eigenvalue weighted by Gasteiger charge is 2.17. The molecule has 0 radical (unpaired) electrons. The van der Waals surface area contributed by atoms with Crippen LogP contribution in [0.15, 0.2) is 47.4 Å². The van der Waals surface area contributed by atoms with E-state index >= 15 is 0 Å². The summed E-state index contributed by atoms with van der Waals surface area (Å²) in [5.74, 6) is -0.415. The summed E-state index contributed by atoms with van der Waals surface area (Å²) in [6.45, 7) is 0. The first kappa shape index (κ1) is 15.3. The third-order valence-corrected chi connectivity index (χ3v) is 4.57. The average molecular weight is 309 g/mol. The monoisotopic (exact) mass is 309 g/mol. The van der Waals surface area contributed by atoms with Crippen molar-refractivity contribution < 1.29 is 12.8 Å². The Hall–Kier alpha value is -2.12. The molecule has 0 spiro atoms. The Kier molecular flexibility index (Phi) is 4.15. The number of halogens is 1. The van der Waals surface area contributed by atoms with E-state index in [2.05, 4.69) is 4.72 Å². The second-order valence-electron chi connectivity index (χ2n) is 4.44. The second kappa shape index (κ2) is 5.71. The minimum absolute atomic E-state index is 0.0670. The van der Waals surface area contributed by atoms with Gasteiger partial charge in [0.15, 0.2) is 0 Å². The Balaban J connectivity index is 2.54. The van der Waals surface area contributed by atoms with Gasteiger partial charge in [-0.05, 0) is 37.4 Å². The number of anilines is 3. The summed E-state index contributed by atoms with van der Waals surface area (Å²) in [6, 6.07) is 10.5. The first-order chi connectivity index (χ1) is 9.86. The number of para-hydroxylation sites is 1. The summed E-state index contributed by atoms with van der Waals surface area (Å²) in [4.78, 5) is 1.58. The van der Waals surface area contributed by atoms with Crippen LogP contribution in [-0.2, 0) is 10.0 Å². The van der Waals surface area contributed by atoms with E-state index in [0.717, 1.165) is 0 Å². The summed E-state index contributed by atoms with van der Waals surface area (Å²) < 4.78 is 39.8. The van der Waals surface area contributed by atoms with Crippen LogP contribution < -0.4 is 15.4 Å². The van der Waals surface area contributed by atoms with Crippen LogP contribution in [0.1, 0.15) is 0 Å². The average Bonchev–Trinajstić information content (AvgIpc) is 2.47. The maximum atomic E-state index is 13.8. The molecule has 0 saturated heterocycles. The molecule has 2 aromatic rings. The number of rotatable bonds is 4. The summed E-state index contributed by atoms with van der Waals surface area (Å²) in [7, 11) is -0.639. The van der Waals surface area contributed by atoms with E-state index < -0.39 is 15.8 Å². The van der Waals surface area contributed by atoms with Crippen LogP contribution in [0.4, 0.5) is 21.5 Å². The second-order valence-corrected chi connectivity index (χ2v) is 6.33. The molecule has 0 fully saturated rings. The van der Waals surface area contributed by atoms with Crippen LogP contribution in [0.5, 0.6) is 0 Å². The lowest BCUT2D eigenvalue weighted by atomic mass is 10.2. The molecule has 0 bridgehead atoms. The number of nitrogens with one attached hydrogen (secondary N) is 1. The van der Waals surface area contributed by atoms with Crippen molar-refractivity contribution in [2.24, 2.45) is 0 Å². The van der Waals surface area contributed by atoms with Crippen LogP contribution in [0, 0.1) is 5.82 Å². The molecule has 0 atom stereocenters. The lowest BCUT2D eigenvalue weighted by Crippen LogP contribution is -2.20. The van der Waals surface area contributed by atoms with E-state index in [9.17, 15) is 12.8 Å². The predicted molar refractivity (Wildman–Crippen MR) is 81.6 cm³/mol. The lowest BCUT2D eigenvalue weighted by molar-refractivity contribution is 0.588. The fraction of sp³-hybridized carbons (Fsp3) is 0.143. The Morgan fingerprint density at radius 1 is 1.14 bits per heavy atom. The Morgan fingerprint density at radius 3 is 2.43 bits per heavy atom. The molecule has 3 N–H and O–H groups in total. The maximum absolute atomic E-state index is 13.8. The number of nitrogens with zero attached hydrogens (tertiary/aromatic N) is 1. The number of nitrogen functional groups attached to an aromatic ring is 1. The molecule has 0 aliphatic rings. The van der Waals surface area contributed by atoms with Gasteiger partial charge in [-0.15, -0.1) is 0 Å². The molecular weight excluding hydrogens is 293 g/mol. The molecule has 0 unspecified atom stereocenters. The molecule has 21 heavy (non-hydrogen) atoms. The van der Waals surface area contributed by atoms with Crippen molar-refractivity contribution in [2.75, 3.05) is 24.7 Å². The highest BCUT2D eigenvalue weighted by atomic mass is 32.2. The highest BCUT2D eigenvalue weighted by Crippen LogP contribution is 2.32. The number of benzene rings is 2. The molecular formula is C14H16FN3O2S. The summed E-state index contributed by atoms with van der Waals surface area (Å²) in [6.07, 6.45) is 0. The molecule has 2 aromatic carbocycles. The van der Waals surface area contributed by atoms with Crippen molar-refractivity contribution >= 4 is 27.1 Å². The first-order valence-corrected chi connectivity index (χ1v) is 7.66. The van der Waals surface area contributed by atoms with Gasteiger partial charge in [-0.1, -0.05) is 12.1 Å². The fourth-order valence-corrected chi connectivity index (χ4v) is 2.70. The van der Waals surface area contributed by atoms with Gasteiger partial charge < -0.3 is 10.6 Å². The molecule has 0 aliphatic carbocycles. The summed E-state index contributed by atoms with van der Waals surface area (Å²) in [5.41, 5.74) is 6.96. The molecule has 0 aromatic heterocycles. The van der Waals surface area contributed by atoms with Crippen molar-refractivity contribution in [1.82, 2.24) is 4.72 Å². The predicted octanol–water partition coefficient (Wildman–Crippen LogP) is 2.08. The highest BCUT2D eigenvalue weighted by molar-refractivity contribution is 7.89. The lowest BCUT2D eigenvalue weighted by Gasteiger charge is -2.22. The van der Waals surface area contributed by atoms with Crippen molar-refractivity contribution in [1.29, 1.82) is 0 Å². The first-order valence-electron chi connectivity index (χ1n) is 6.18. The van der Waals surface area contributed by atoms with Crippen LogP contribution in [0.3, 0.4) is 0 Å². The largest absolute Gasteiger partial charge is 0.397 e. The van der Waals surface area contributed by atoms with E-state index in [1.54, 1.807) is 25.2 Å². The normalized spacial score (nSPS) is 11.4. The van der Waals surface area contributed by atoms with E-state index in [0.29, 0.717) is 17.1 Å². The minimum atomic E-state index is -3.59. The van der Waals surface area contributed by atoms with Gasteiger partial charge in [0, 0.05) is 7.05 Å².